The van der Waals surface area contributed by atoms with Gasteiger partial charge in [-0.15, -0.1) is 0 Å². The predicted octanol–water partition coefficient (Wildman–Crippen LogP) is 4.43. The molecule has 0 N–H and O–H groups in total. The maximum atomic E-state index is 15.1. The van der Waals surface area contributed by atoms with Gasteiger partial charge in [0.1, 0.15) is 11.3 Å². The molecule has 0 amide bonds. The Morgan fingerprint density at radius 1 is 1.33 bits per heavy atom. The molecule has 0 radical (unpaired) electrons. The quantitative estimate of drug-likeness (QED) is 0.499. The molecule has 3 rings (SSSR count). The third-order valence-corrected chi connectivity index (χ3v) is 4.02. The number of nitrogens with zero attached hydrogens (tertiary/aromatic N) is 3. The summed E-state index contributed by atoms with van der Waals surface area (Å²) in [5.41, 5.74) is 0.905. The van der Waals surface area contributed by atoms with Crippen LogP contribution in [-0.2, 0) is 0 Å². The second-order valence-electron chi connectivity index (χ2n) is 5.65. The van der Waals surface area contributed by atoms with E-state index in [0.717, 1.165) is 5.56 Å². The molecule has 0 aliphatic carbocycles. The first-order valence-corrected chi connectivity index (χ1v) is 8.22. The summed E-state index contributed by atoms with van der Waals surface area (Å²) in [6.45, 7) is 9.13. The maximum absolute atomic E-state index is 15.1. The van der Waals surface area contributed by atoms with E-state index in [2.05, 4.69) is 9.83 Å². The Bertz CT molecular complexity index is 1080. The predicted molar refractivity (Wildman–Crippen MR) is 98.6 cm³/mol. The van der Waals surface area contributed by atoms with Gasteiger partial charge in [-0.25, -0.2) is 15.9 Å². The number of nitriles is 1. The van der Waals surface area contributed by atoms with Gasteiger partial charge in [-0.1, -0.05) is 30.3 Å². The lowest BCUT2D eigenvalue weighted by Gasteiger charge is -2.12. The van der Waals surface area contributed by atoms with Crippen molar-refractivity contribution in [2.75, 3.05) is 6.61 Å². The van der Waals surface area contributed by atoms with Gasteiger partial charge in [0, 0.05) is 17.0 Å². The van der Waals surface area contributed by atoms with Crippen LogP contribution < -0.4 is 4.74 Å². The molecule has 1 unspecified atom stereocenters. The minimum absolute atomic E-state index is 0.0349. The van der Waals surface area contributed by atoms with Gasteiger partial charge in [-0.2, -0.15) is 5.26 Å². The molecule has 1 atom stereocenters. The zero-order chi connectivity index (χ0) is 19.4. The first-order chi connectivity index (χ1) is 13.1. The van der Waals surface area contributed by atoms with Crippen molar-refractivity contribution in [3.63, 3.8) is 0 Å². The van der Waals surface area contributed by atoms with E-state index < -0.39 is 17.6 Å². The van der Waals surface area contributed by atoms with E-state index in [1.54, 1.807) is 12.1 Å². The van der Waals surface area contributed by atoms with Crippen LogP contribution in [0.5, 0.6) is 5.75 Å². The number of halogens is 1. The Hall–Kier alpha value is -3.77. The van der Waals surface area contributed by atoms with E-state index in [9.17, 15) is 4.79 Å². The zero-order valence-electron chi connectivity index (χ0n) is 14.4. The zero-order valence-corrected chi connectivity index (χ0v) is 14.4. The Kier molecular flexibility index (Phi) is 5.10. The van der Waals surface area contributed by atoms with Crippen molar-refractivity contribution < 1.29 is 13.9 Å². The van der Waals surface area contributed by atoms with Gasteiger partial charge in [-0.05, 0) is 19.1 Å². The van der Waals surface area contributed by atoms with E-state index in [1.165, 1.54) is 12.1 Å². The van der Waals surface area contributed by atoms with Crippen molar-refractivity contribution in [2.45, 2.75) is 13.0 Å². The number of ketones is 1. The van der Waals surface area contributed by atoms with Gasteiger partial charge < -0.3 is 4.74 Å². The highest BCUT2D eigenvalue weighted by Crippen LogP contribution is 2.33. The number of rotatable bonds is 5. The number of benzene rings is 2. The van der Waals surface area contributed by atoms with Gasteiger partial charge in [0.15, 0.2) is 11.9 Å². The van der Waals surface area contributed by atoms with Crippen molar-refractivity contribution in [2.24, 2.45) is 0 Å². The molecule has 27 heavy (non-hydrogen) atoms. The van der Waals surface area contributed by atoms with Crippen LogP contribution in [0.4, 0.5) is 4.39 Å². The van der Waals surface area contributed by atoms with E-state index >= 15 is 4.39 Å². The minimum Gasteiger partial charge on any atom is -0.493 e. The molecule has 0 aliphatic heterocycles. The minimum atomic E-state index is -1.58. The van der Waals surface area contributed by atoms with Crippen LogP contribution >= 0.6 is 0 Å². The van der Waals surface area contributed by atoms with Crippen LogP contribution in [0, 0.1) is 23.7 Å². The molecule has 0 saturated carbocycles. The molecule has 0 spiro atoms. The van der Waals surface area contributed by atoms with Crippen LogP contribution in [0.25, 0.3) is 27.0 Å². The summed E-state index contributed by atoms with van der Waals surface area (Å²) in [6.07, 6.45) is 0. The fraction of sp³-hybridized carbons (Fsp3) is 0.143. The van der Waals surface area contributed by atoms with E-state index in [0.29, 0.717) is 23.4 Å². The molecule has 132 valence electrons. The first kappa shape index (κ1) is 18.0. The summed E-state index contributed by atoms with van der Waals surface area (Å²) in [6, 6.07) is 13.7. The van der Waals surface area contributed by atoms with Gasteiger partial charge in [0.25, 0.3) is 5.78 Å². The highest BCUT2D eigenvalue weighted by molar-refractivity contribution is 6.06. The fourth-order valence-electron chi connectivity index (χ4n) is 2.74. The average Bonchev–Trinajstić information content (AvgIpc) is 2.70. The standard InChI is InChI=1S/C21H14FN3O2/c1-3-27-18-11-16(13-7-5-4-6-8-13)25-20-14(18)9-10-15(19(20)22)21(26)17(12-23)24-2/h4-11,17H,3H2,1H3. The third-order valence-electron chi connectivity index (χ3n) is 4.02. The van der Waals surface area contributed by atoms with Crippen molar-refractivity contribution in [1.29, 1.82) is 5.26 Å². The lowest BCUT2D eigenvalue weighted by molar-refractivity contribution is 0.0988. The lowest BCUT2D eigenvalue weighted by Crippen LogP contribution is -2.16. The normalized spacial score (nSPS) is 11.4. The van der Waals surface area contributed by atoms with Crippen LogP contribution in [0.15, 0.2) is 48.5 Å². The number of carbonyl (C=O) groups is 1. The second-order valence-corrected chi connectivity index (χ2v) is 5.65. The fourth-order valence-corrected chi connectivity index (χ4v) is 2.74. The molecule has 0 fully saturated rings. The van der Waals surface area contributed by atoms with Crippen LogP contribution in [-0.4, -0.2) is 23.4 Å². The monoisotopic (exact) mass is 359 g/mol. The van der Waals surface area contributed by atoms with Crippen molar-refractivity contribution in [3.05, 3.63) is 71.3 Å². The number of aromatic nitrogens is 1. The summed E-state index contributed by atoms with van der Waals surface area (Å²) in [5.74, 6) is -1.29. The third kappa shape index (κ3) is 3.33. The Morgan fingerprint density at radius 2 is 2.07 bits per heavy atom. The molecule has 0 saturated heterocycles. The molecule has 0 aliphatic rings. The Morgan fingerprint density at radius 3 is 2.70 bits per heavy atom. The largest absolute Gasteiger partial charge is 0.493 e. The van der Waals surface area contributed by atoms with Crippen LogP contribution in [0.2, 0.25) is 0 Å². The highest BCUT2D eigenvalue weighted by atomic mass is 19.1. The number of fused-ring (bicyclic) bond motifs is 1. The average molecular weight is 359 g/mol. The molecule has 5 nitrogen and oxygen atoms in total. The second kappa shape index (κ2) is 7.63. The summed E-state index contributed by atoms with van der Waals surface area (Å²) in [4.78, 5) is 19.6. The first-order valence-electron chi connectivity index (χ1n) is 8.22. The number of carbonyl (C=O) groups excluding carboxylic acids is 1. The van der Waals surface area contributed by atoms with Gasteiger partial charge in [-0.3, -0.25) is 9.64 Å². The SMILES string of the molecule is [C-]#[N+]C(C#N)C(=O)c1ccc2c(OCC)cc(-c3ccccc3)nc2c1F. The number of hydrogen-bond donors (Lipinski definition) is 0. The highest BCUT2D eigenvalue weighted by Gasteiger charge is 2.28. The van der Waals surface area contributed by atoms with Gasteiger partial charge in [0.05, 0.1) is 17.9 Å². The van der Waals surface area contributed by atoms with Gasteiger partial charge >= 0.3 is 6.04 Å². The molecule has 0 bridgehead atoms. The lowest BCUT2D eigenvalue weighted by atomic mass is 10.0. The molecule has 1 aromatic heterocycles. The molecule has 2 aromatic carbocycles. The Balaban J connectivity index is 2.26. The van der Waals surface area contributed by atoms with Crippen molar-refractivity contribution in [3.8, 4) is 23.1 Å². The van der Waals surface area contributed by atoms with E-state index in [-0.39, 0.29) is 11.1 Å². The van der Waals surface area contributed by atoms with E-state index in [4.69, 9.17) is 16.6 Å². The molecule has 3 aromatic rings. The van der Waals surface area contributed by atoms with Crippen LogP contribution in [0.3, 0.4) is 0 Å². The summed E-state index contributed by atoms with van der Waals surface area (Å²) < 4.78 is 20.8. The van der Waals surface area contributed by atoms with Gasteiger partial charge in [0.2, 0.25) is 0 Å². The smallest absolute Gasteiger partial charge is 0.368 e. The number of pyridine rings is 1. The van der Waals surface area contributed by atoms with E-state index in [1.807, 2.05) is 37.3 Å². The van der Waals surface area contributed by atoms with Crippen molar-refractivity contribution >= 4 is 16.7 Å². The molecular weight excluding hydrogens is 345 g/mol. The summed E-state index contributed by atoms with van der Waals surface area (Å²) in [5, 5.41) is 9.34. The maximum Gasteiger partial charge on any atom is 0.368 e. The molecule has 6 heteroatoms. The topological polar surface area (TPSA) is 67.3 Å². The van der Waals surface area contributed by atoms with Crippen molar-refractivity contribution in [1.82, 2.24) is 4.98 Å². The molecular formula is C21H14FN3O2. The van der Waals surface area contributed by atoms with Crippen LogP contribution in [0.1, 0.15) is 17.3 Å². The number of ether oxygens (including phenoxy) is 1. The summed E-state index contributed by atoms with van der Waals surface area (Å²) >= 11 is 0. The molecule has 1 heterocycles. The summed E-state index contributed by atoms with van der Waals surface area (Å²) in [7, 11) is 0. The Labute approximate surface area is 155 Å². The number of hydrogen-bond acceptors (Lipinski definition) is 4. The number of Topliss-reactive ketones (excluding diaryl/α,β-unsaturated/α-hetero) is 1.